The summed E-state index contributed by atoms with van der Waals surface area (Å²) in [7, 11) is 0. The van der Waals surface area contributed by atoms with Gasteiger partial charge in [0.15, 0.2) is 23.0 Å². The van der Waals surface area contributed by atoms with Crippen molar-refractivity contribution in [3.8, 4) is 34.3 Å². The molecule has 4 aromatic rings. The molecule has 0 saturated carbocycles. The smallest absolute Gasteiger partial charge is 0.335 e. The van der Waals surface area contributed by atoms with E-state index in [0.29, 0.717) is 11.1 Å². The maximum atomic E-state index is 13.0. The number of benzene rings is 3. The molecule has 12 heteroatoms. The maximum absolute atomic E-state index is 13.0. The number of aliphatic hydroxyl groups excluding tert-OH is 3. The van der Waals surface area contributed by atoms with Crippen molar-refractivity contribution in [1.29, 1.82) is 0 Å². The Labute approximate surface area is 230 Å². The van der Waals surface area contributed by atoms with Gasteiger partial charge >= 0.3 is 5.97 Å². The number of ether oxygens (including phenoxy) is 2. The molecule has 1 aliphatic rings. The van der Waals surface area contributed by atoms with Crippen LogP contribution >= 0.6 is 0 Å². The predicted molar refractivity (Wildman–Crippen MR) is 143 cm³/mol. The van der Waals surface area contributed by atoms with Gasteiger partial charge in [0.25, 0.3) is 0 Å². The number of rotatable bonds is 6. The molecule has 212 valence electrons. The van der Waals surface area contributed by atoms with Crippen LogP contribution in [0, 0.1) is 0 Å². The van der Waals surface area contributed by atoms with Crippen molar-refractivity contribution in [2.75, 3.05) is 0 Å². The second-order valence-corrected chi connectivity index (χ2v) is 9.29. The van der Waals surface area contributed by atoms with Crippen LogP contribution in [0.4, 0.5) is 0 Å². The molecular weight excluding hydrogens is 540 g/mol. The zero-order valence-electron chi connectivity index (χ0n) is 21.0. The first-order chi connectivity index (χ1) is 19.5. The van der Waals surface area contributed by atoms with Gasteiger partial charge in [-0.2, -0.15) is 0 Å². The van der Waals surface area contributed by atoms with Crippen molar-refractivity contribution < 1.29 is 54.4 Å². The lowest BCUT2D eigenvalue weighted by atomic mass is 9.99. The number of carbonyl (C=O) groups is 1. The van der Waals surface area contributed by atoms with E-state index in [1.165, 1.54) is 18.2 Å². The SMILES string of the molecule is O=C(O)[C@H]1O[C@@H](Oc2cc3oc(-c4ccc(O)cc4/C=C/c4ccccc4)cc(=O)c3c(O)c2O)[C@H](O)[C@@H](O)[C@@H]1O. The quantitative estimate of drug-likeness (QED) is 0.133. The number of carboxylic acids is 1. The zero-order valence-corrected chi connectivity index (χ0v) is 21.0. The number of phenolic OH excluding ortho intramolecular Hbond substituents is 3. The number of hydrogen-bond donors (Lipinski definition) is 7. The highest BCUT2D eigenvalue weighted by Crippen LogP contribution is 2.43. The average Bonchev–Trinajstić information content (AvgIpc) is 2.94. The molecular formula is C29H24O12. The Balaban J connectivity index is 1.57. The summed E-state index contributed by atoms with van der Waals surface area (Å²) in [6, 6.07) is 15.8. The van der Waals surface area contributed by atoms with Gasteiger partial charge in [-0.1, -0.05) is 42.5 Å². The average molecular weight is 564 g/mol. The predicted octanol–water partition coefficient (Wildman–Crippen LogP) is 2.02. The first-order valence-electron chi connectivity index (χ1n) is 12.2. The van der Waals surface area contributed by atoms with Crippen LogP contribution in [0.5, 0.6) is 23.0 Å². The van der Waals surface area contributed by atoms with Gasteiger partial charge in [0.2, 0.25) is 12.0 Å². The molecule has 7 N–H and O–H groups in total. The summed E-state index contributed by atoms with van der Waals surface area (Å²) in [5.41, 5.74) is 0.770. The van der Waals surface area contributed by atoms with Crippen molar-refractivity contribution in [3.05, 3.63) is 82.0 Å². The van der Waals surface area contributed by atoms with Crippen molar-refractivity contribution in [3.63, 3.8) is 0 Å². The molecule has 3 aromatic carbocycles. The third-order valence-corrected chi connectivity index (χ3v) is 6.54. The van der Waals surface area contributed by atoms with Crippen LogP contribution in [0.2, 0.25) is 0 Å². The van der Waals surface area contributed by atoms with Crippen LogP contribution in [0.25, 0.3) is 34.4 Å². The number of carboxylic acid groups (broad SMARTS) is 1. The largest absolute Gasteiger partial charge is 0.508 e. The minimum atomic E-state index is -1.98. The normalized spacial score (nSPS) is 22.7. The zero-order chi connectivity index (χ0) is 29.4. The highest BCUT2D eigenvalue weighted by atomic mass is 16.7. The van der Waals surface area contributed by atoms with Crippen molar-refractivity contribution in [2.24, 2.45) is 0 Å². The second kappa shape index (κ2) is 10.9. The third-order valence-electron chi connectivity index (χ3n) is 6.54. The molecule has 0 spiro atoms. The Kier molecular flexibility index (Phi) is 7.39. The summed E-state index contributed by atoms with van der Waals surface area (Å²) >= 11 is 0. The lowest BCUT2D eigenvalue weighted by Gasteiger charge is -2.38. The van der Waals surface area contributed by atoms with Gasteiger partial charge in [-0.05, 0) is 29.3 Å². The van der Waals surface area contributed by atoms with E-state index in [4.69, 9.17) is 13.9 Å². The summed E-state index contributed by atoms with van der Waals surface area (Å²) < 4.78 is 16.3. The molecule has 1 aliphatic heterocycles. The fraction of sp³-hybridized carbons (Fsp3) is 0.172. The summed E-state index contributed by atoms with van der Waals surface area (Å²) in [6.45, 7) is 0. The molecule has 12 nitrogen and oxygen atoms in total. The minimum Gasteiger partial charge on any atom is -0.508 e. The fourth-order valence-corrected chi connectivity index (χ4v) is 4.43. The number of fused-ring (bicyclic) bond motifs is 1. The lowest BCUT2D eigenvalue weighted by Crippen LogP contribution is -2.61. The first kappa shape index (κ1) is 27.7. The monoisotopic (exact) mass is 564 g/mol. The van der Waals surface area contributed by atoms with Gasteiger partial charge in [0.1, 0.15) is 40.8 Å². The van der Waals surface area contributed by atoms with E-state index in [1.807, 2.05) is 30.3 Å². The molecule has 0 aliphatic carbocycles. The Morgan fingerprint density at radius 1 is 0.854 bits per heavy atom. The van der Waals surface area contributed by atoms with E-state index in [1.54, 1.807) is 12.2 Å². The lowest BCUT2D eigenvalue weighted by molar-refractivity contribution is -0.271. The highest BCUT2D eigenvalue weighted by molar-refractivity contribution is 5.90. The van der Waals surface area contributed by atoms with Gasteiger partial charge in [0.05, 0.1) is 0 Å². The van der Waals surface area contributed by atoms with Crippen LogP contribution in [-0.4, -0.2) is 72.4 Å². The molecule has 2 heterocycles. The van der Waals surface area contributed by atoms with E-state index in [9.17, 15) is 45.3 Å². The van der Waals surface area contributed by atoms with Crippen LogP contribution < -0.4 is 10.2 Å². The maximum Gasteiger partial charge on any atom is 0.335 e. The summed E-state index contributed by atoms with van der Waals surface area (Å²) in [5, 5.41) is 70.2. The number of phenols is 3. The Hall–Kier alpha value is -4.88. The molecule has 41 heavy (non-hydrogen) atoms. The standard InChI is InChI=1S/C29H24O12/c30-15-8-9-16(14(10-15)7-6-13-4-2-1-3-5-13)18-11-17(31)21-19(39-18)12-20(22(32)23(21)33)40-29-26(36)24(34)25(35)27(41-29)28(37)38/h1-12,24-27,29-30,32-36H,(H,37,38)/b7-6+/t24-,25-,26+,27-,29+/m0/s1. The summed E-state index contributed by atoms with van der Waals surface area (Å²) in [5.74, 6) is -4.11. The topological polar surface area (TPSA) is 207 Å². The Morgan fingerprint density at radius 2 is 1.59 bits per heavy atom. The van der Waals surface area contributed by atoms with Crippen LogP contribution in [0.15, 0.2) is 69.9 Å². The van der Waals surface area contributed by atoms with Crippen LogP contribution in [-0.2, 0) is 9.53 Å². The molecule has 1 fully saturated rings. The van der Waals surface area contributed by atoms with Gasteiger partial charge in [0, 0.05) is 17.7 Å². The first-order valence-corrected chi connectivity index (χ1v) is 12.2. The number of aliphatic carboxylic acids is 1. The van der Waals surface area contributed by atoms with Crippen LogP contribution in [0.1, 0.15) is 11.1 Å². The van der Waals surface area contributed by atoms with Gasteiger partial charge < -0.3 is 49.6 Å². The molecule has 1 aromatic heterocycles. The van der Waals surface area contributed by atoms with Crippen molar-refractivity contribution in [2.45, 2.75) is 30.7 Å². The van der Waals surface area contributed by atoms with E-state index >= 15 is 0 Å². The Morgan fingerprint density at radius 3 is 2.29 bits per heavy atom. The molecule has 0 amide bonds. The molecule has 0 radical (unpaired) electrons. The van der Waals surface area contributed by atoms with Crippen LogP contribution in [0.3, 0.4) is 0 Å². The van der Waals surface area contributed by atoms with E-state index < -0.39 is 64.7 Å². The number of hydrogen-bond acceptors (Lipinski definition) is 11. The van der Waals surface area contributed by atoms with Gasteiger partial charge in [-0.15, -0.1) is 0 Å². The highest BCUT2D eigenvalue weighted by Gasteiger charge is 2.48. The molecule has 5 atom stereocenters. The molecule has 1 saturated heterocycles. The molecule has 0 bridgehead atoms. The van der Waals surface area contributed by atoms with Gasteiger partial charge in [-0.3, -0.25) is 4.79 Å². The van der Waals surface area contributed by atoms with E-state index in [0.717, 1.165) is 17.7 Å². The summed E-state index contributed by atoms with van der Waals surface area (Å²) in [4.78, 5) is 24.4. The fourth-order valence-electron chi connectivity index (χ4n) is 4.43. The van der Waals surface area contributed by atoms with E-state index in [-0.39, 0.29) is 17.1 Å². The summed E-state index contributed by atoms with van der Waals surface area (Å²) in [6.07, 6.45) is -6.29. The Bertz CT molecular complexity index is 1690. The van der Waals surface area contributed by atoms with Crippen molar-refractivity contribution >= 4 is 29.1 Å². The van der Waals surface area contributed by atoms with Gasteiger partial charge in [-0.25, -0.2) is 4.79 Å². The molecule has 0 unspecified atom stereocenters. The third kappa shape index (κ3) is 5.32. The number of aliphatic hydroxyl groups is 3. The second-order valence-electron chi connectivity index (χ2n) is 9.29. The number of aromatic hydroxyl groups is 3. The molecule has 5 rings (SSSR count). The van der Waals surface area contributed by atoms with E-state index in [2.05, 4.69) is 0 Å². The minimum absolute atomic E-state index is 0.0321. The van der Waals surface area contributed by atoms with Crippen molar-refractivity contribution in [1.82, 2.24) is 0 Å².